The molecule has 1 heterocycles. The lowest BCUT2D eigenvalue weighted by atomic mass is 10.1. The van der Waals surface area contributed by atoms with Crippen molar-refractivity contribution in [1.82, 2.24) is 15.0 Å². The monoisotopic (exact) mass is 217 g/mol. The van der Waals surface area contributed by atoms with Crippen LogP contribution < -0.4 is 0 Å². The molecule has 16 heavy (non-hydrogen) atoms. The van der Waals surface area contributed by atoms with E-state index in [0.717, 1.165) is 11.3 Å². The zero-order valence-electron chi connectivity index (χ0n) is 9.68. The summed E-state index contributed by atoms with van der Waals surface area (Å²) < 4.78 is 1.69. The van der Waals surface area contributed by atoms with Crippen molar-refractivity contribution in [2.24, 2.45) is 0 Å². The molecule has 1 N–H and O–H groups in total. The molecule has 0 spiro atoms. The first-order valence-electron chi connectivity index (χ1n) is 5.26. The van der Waals surface area contributed by atoms with E-state index < -0.39 is 6.10 Å². The SMILES string of the molecule is Cc1ccc(-n2cc(C(C)O)nn2)c(C)c1. The van der Waals surface area contributed by atoms with E-state index in [9.17, 15) is 5.11 Å². The highest BCUT2D eigenvalue weighted by Gasteiger charge is 2.08. The summed E-state index contributed by atoms with van der Waals surface area (Å²) in [5.41, 5.74) is 3.93. The number of aliphatic hydroxyl groups excluding tert-OH is 1. The van der Waals surface area contributed by atoms with Crippen molar-refractivity contribution in [1.29, 1.82) is 0 Å². The Bertz CT molecular complexity index is 503. The Morgan fingerprint density at radius 2 is 2.06 bits per heavy atom. The highest BCUT2D eigenvalue weighted by Crippen LogP contribution is 2.16. The summed E-state index contributed by atoms with van der Waals surface area (Å²) in [7, 11) is 0. The van der Waals surface area contributed by atoms with E-state index in [4.69, 9.17) is 0 Å². The molecule has 2 rings (SSSR count). The second kappa shape index (κ2) is 4.06. The fourth-order valence-corrected chi connectivity index (χ4v) is 1.65. The van der Waals surface area contributed by atoms with Crippen LogP contribution >= 0.6 is 0 Å². The van der Waals surface area contributed by atoms with Gasteiger partial charge in [-0.1, -0.05) is 22.9 Å². The highest BCUT2D eigenvalue weighted by molar-refractivity contribution is 5.41. The Morgan fingerprint density at radius 3 is 2.62 bits per heavy atom. The van der Waals surface area contributed by atoms with Gasteiger partial charge in [0.25, 0.3) is 0 Å². The van der Waals surface area contributed by atoms with Crippen LogP contribution in [0.1, 0.15) is 29.8 Å². The van der Waals surface area contributed by atoms with Crippen LogP contribution in [-0.2, 0) is 0 Å². The third kappa shape index (κ3) is 1.97. The van der Waals surface area contributed by atoms with E-state index >= 15 is 0 Å². The van der Waals surface area contributed by atoms with Crippen LogP contribution in [0.3, 0.4) is 0 Å². The molecule has 0 bridgehead atoms. The summed E-state index contributed by atoms with van der Waals surface area (Å²) in [5.74, 6) is 0. The van der Waals surface area contributed by atoms with E-state index in [2.05, 4.69) is 23.3 Å². The minimum Gasteiger partial charge on any atom is -0.387 e. The van der Waals surface area contributed by atoms with Gasteiger partial charge in [0, 0.05) is 0 Å². The van der Waals surface area contributed by atoms with Gasteiger partial charge in [0.2, 0.25) is 0 Å². The minimum atomic E-state index is -0.584. The van der Waals surface area contributed by atoms with Gasteiger partial charge in [-0.3, -0.25) is 0 Å². The first-order valence-corrected chi connectivity index (χ1v) is 5.26. The van der Waals surface area contributed by atoms with Crippen LogP contribution in [0.2, 0.25) is 0 Å². The molecule has 84 valence electrons. The average molecular weight is 217 g/mol. The first-order chi connectivity index (χ1) is 7.58. The number of aryl methyl sites for hydroxylation is 2. The van der Waals surface area contributed by atoms with E-state index in [1.807, 2.05) is 19.1 Å². The van der Waals surface area contributed by atoms with Crippen LogP contribution in [0.4, 0.5) is 0 Å². The van der Waals surface area contributed by atoms with Gasteiger partial charge in [0.15, 0.2) is 0 Å². The lowest BCUT2D eigenvalue weighted by Crippen LogP contribution is -1.98. The number of aliphatic hydroxyl groups is 1. The lowest BCUT2D eigenvalue weighted by molar-refractivity contribution is 0.194. The summed E-state index contributed by atoms with van der Waals surface area (Å²) >= 11 is 0. The Balaban J connectivity index is 2.42. The molecule has 1 atom stereocenters. The first kappa shape index (κ1) is 10.8. The average Bonchev–Trinajstić information content (AvgIpc) is 2.66. The van der Waals surface area contributed by atoms with Gasteiger partial charge in [0.1, 0.15) is 5.69 Å². The molecule has 0 amide bonds. The summed E-state index contributed by atoms with van der Waals surface area (Å²) in [5, 5.41) is 17.3. The molecule has 1 unspecified atom stereocenters. The number of hydrogen-bond acceptors (Lipinski definition) is 3. The quantitative estimate of drug-likeness (QED) is 0.836. The second-order valence-corrected chi connectivity index (χ2v) is 4.05. The molecular formula is C12H15N3O. The summed E-state index contributed by atoms with van der Waals surface area (Å²) in [6.07, 6.45) is 1.17. The molecule has 0 aliphatic heterocycles. The van der Waals surface area contributed by atoms with Gasteiger partial charge in [0.05, 0.1) is 18.0 Å². The molecule has 0 aliphatic carbocycles. The Labute approximate surface area is 94.5 Å². The molecule has 2 aromatic rings. The predicted molar refractivity (Wildman–Crippen MR) is 61.5 cm³/mol. The standard InChI is InChI=1S/C12H15N3O/c1-8-4-5-12(9(2)6-8)15-7-11(10(3)16)13-14-15/h4-7,10,16H,1-3H3. The molecule has 0 saturated heterocycles. The molecule has 1 aromatic carbocycles. The molecule has 1 aromatic heterocycles. The van der Waals surface area contributed by atoms with E-state index in [-0.39, 0.29) is 0 Å². The zero-order valence-corrected chi connectivity index (χ0v) is 9.68. The molecule has 0 saturated carbocycles. The van der Waals surface area contributed by atoms with Crippen molar-refractivity contribution in [2.75, 3.05) is 0 Å². The van der Waals surface area contributed by atoms with Crippen LogP contribution in [0.5, 0.6) is 0 Å². The van der Waals surface area contributed by atoms with Crippen LogP contribution in [0.25, 0.3) is 5.69 Å². The summed E-state index contributed by atoms with van der Waals surface area (Å²) in [4.78, 5) is 0. The molecule has 0 fully saturated rings. The number of rotatable bonds is 2. The van der Waals surface area contributed by atoms with Crippen molar-refractivity contribution >= 4 is 0 Å². The molecule has 4 heteroatoms. The van der Waals surface area contributed by atoms with Crippen molar-refractivity contribution in [3.63, 3.8) is 0 Å². The number of hydrogen-bond donors (Lipinski definition) is 1. The zero-order chi connectivity index (χ0) is 11.7. The number of aromatic nitrogens is 3. The highest BCUT2D eigenvalue weighted by atomic mass is 16.3. The maximum absolute atomic E-state index is 9.38. The largest absolute Gasteiger partial charge is 0.387 e. The smallest absolute Gasteiger partial charge is 0.111 e. The Kier molecular flexibility index (Phi) is 2.75. The van der Waals surface area contributed by atoms with Gasteiger partial charge >= 0.3 is 0 Å². The van der Waals surface area contributed by atoms with Crippen molar-refractivity contribution < 1.29 is 5.11 Å². The Hall–Kier alpha value is -1.68. The maximum Gasteiger partial charge on any atom is 0.111 e. The predicted octanol–water partition coefficient (Wildman–Crippen LogP) is 1.94. The van der Waals surface area contributed by atoms with Crippen LogP contribution in [0.15, 0.2) is 24.4 Å². The number of nitrogens with zero attached hydrogens (tertiary/aromatic N) is 3. The van der Waals surface area contributed by atoms with Crippen LogP contribution in [0, 0.1) is 13.8 Å². The topological polar surface area (TPSA) is 50.9 Å². The normalized spacial score (nSPS) is 12.8. The van der Waals surface area contributed by atoms with E-state index in [1.54, 1.807) is 17.8 Å². The molecule has 0 radical (unpaired) electrons. The Morgan fingerprint density at radius 1 is 1.31 bits per heavy atom. The van der Waals surface area contributed by atoms with E-state index in [0.29, 0.717) is 5.69 Å². The third-order valence-electron chi connectivity index (χ3n) is 2.54. The summed E-state index contributed by atoms with van der Waals surface area (Å²) in [6.45, 7) is 5.77. The van der Waals surface area contributed by atoms with Crippen LogP contribution in [-0.4, -0.2) is 20.1 Å². The van der Waals surface area contributed by atoms with Gasteiger partial charge < -0.3 is 5.11 Å². The van der Waals surface area contributed by atoms with Gasteiger partial charge in [-0.2, -0.15) is 0 Å². The summed E-state index contributed by atoms with van der Waals surface area (Å²) in [6, 6.07) is 6.14. The number of benzene rings is 1. The van der Waals surface area contributed by atoms with Gasteiger partial charge in [-0.05, 0) is 32.4 Å². The van der Waals surface area contributed by atoms with Crippen molar-refractivity contribution in [3.05, 3.63) is 41.2 Å². The molecular weight excluding hydrogens is 202 g/mol. The van der Waals surface area contributed by atoms with Gasteiger partial charge in [-0.25, -0.2) is 4.68 Å². The lowest BCUT2D eigenvalue weighted by Gasteiger charge is -2.05. The maximum atomic E-state index is 9.38. The third-order valence-corrected chi connectivity index (χ3v) is 2.54. The van der Waals surface area contributed by atoms with E-state index in [1.165, 1.54) is 5.56 Å². The minimum absolute atomic E-state index is 0.583. The van der Waals surface area contributed by atoms with Crippen molar-refractivity contribution in [3.8, 4) is 5.69 Å². The molecule has 4 nitrogen and oxygen atoms in total. The second-order valence-electron chi connectivity index (χ2n) is 4.05. The molecule has 0 aliphatic rings. The van der Waals surface area contributed by atoms with Gasteiger partial charge in [-0.15, -0.1) is 5.10 Å². The fourth-order valence-electron chi connectivity index (χ4n) is 1.65. The van der Waals surface area contributed by atoms with Crippen molar-refractivity contribution in [2.45, 2.75) is 26.9 Å². The fraction of sp³-hybridized carbons (Fsp3) is 0.333.